The molecular formula is C16H14N2O3. The number of aromatic nitrogens is 1. The first-order chi connectivity index (χ1) is 10.0. The summed E-state index contributed by atoms with van der Waals surface area (Å²) in [4.78, 5) is 26.5. The molecule has 21 heavy (non-hydrogen) atoms. The number of benzene rings is 1. The van der Waals surface area contributed by atoms with Gasteiger partial charge in [0.25, 0.3) is 5.91 Å². The standard InChI is InChI=1S/C16H14N2O3/c1-11-10-14(8-9-17-11)18-16(21)13-5-2-12(3-6-13)4-7-15(19)20/h2-10H,1H3,(H,19,20)(H,17,18,21). The molecule has 5 heteroatoms. The van der Waals surface area contributed by atoms with Crippen LogP contribution in [-0.4, -0.2) is 22.0 Å². The molecule has 0 fully saturated rings. The van der Waals surface area contributed by atoms with Crippen LogP contribution in [0.5, 0.6) is 0 Å². The van der Waals surface area contributed by atoms with Crippen LogP contribution in [0.2, 0.25) is 0 Å². The van der Waals surface area contributed by atoms with E-state index in [-0.39, 0.29) is 5.91 Å². The number of nitrogens with one attached hydrogen (secondary N) is 1. The summed E-state index contributed by atoms with van der Waals surface area (Å²) in [6.45, 7) is 1.85. The van der Waals surface area contributed by atoms with Gasteiger partial charge >= 0.3 is 5.97 Å². The number of amides is 1. The number of aryl methyl sites for hydroxylation is 1. The molecular weight excluding hydrogens is 268 g/mol. The van der Waals surface area contributed by atoms with Gasteiger partial charge < -0.3 is 10.4 Å². The van der Waals surface area contributed by atoms with Gasteiger partial charge in [-0.2, -0.15) is 0 Å². The molecule has 0 unspecified atom stereocenters. The average molecular weight is 282 g/mol. The molecule has 0 spiro atoms. The topological polar surface area (TPSA) is 79.3 Å². The summed E-state index contributed by atoms with van der Waals surface area (Å²) in [5, 5.41) is 11.3. The van der Waals surface area contributed by atoms with Crippen LogP contribution in [0.15, 0.2) is 48.7 Å². The molecule has 1 aromatic heterocycles. The summed E-state index contributed by atoms with van der Waals surface area (Å²) in [5.74, 6) is -1.24. The minimum absolute atomic E-state index is 0.227. The third-order valence-corrected chi connectivity index (χ3v) is 2.75. The Kier molecular flexibility index (Phi) is 4.46. The summed E-state index contributed by atoms with van der Waals surface area (Å²) < 4.78 is 0. The van der Waals surface area contributed by atoms with Gasteiger partial charge in [-0.25, -0.2) is 4.79 Å². The van der Waals surface area contributed by atoms with Crippen LogP contribution in [0.1, 0.15) is 21.6 Å². The third-order valence-electron chi connectivity index (χ3n) is 2.75. The maximum Gasteiger partial charge on any atom is 0.328 e. The first-order valence-electron chi connectivity index (χ1n) is 6.30. The largest absolute Gasteiger partial charge is 0.478 e. The number of carboxylic acid groups (broad SMARTS) is 1. The number of carbonyl (C=O) groups excluding carboxylic acids is 1. The molecule has 0 saturated carbocycles. The molecule has 5 nitrogen and oxygen atoms in total. The summed E-state index contributed by atoms with van der Waals surface area (Å²) in [7, 11) is 0. The number of hydrogen-bond acceptors (Lipinski definition) is 3. The molecule has 0 atom stereocenters. The average Bonchev–Trinajstić information content (AvgIpc) is 2.45. The van der Waals surface area contributed by atoms with Crippen LogP contribution in [0.4, 0.5) is 5.69 Å². The van der Waals surface area contributed by atoms with Crippen molar-refractivity contribution < 1.29 is 14.7 Å². The SMILES string of the molecule is Cc1cc(NC(=O)c2ccc(C=CC(=O)O)cc2)ccn1. The van der Waals surface area contributed by atoms with E-state index in [9.17, 15) is 9.59 Å². The Bertz CT molecular complexity index is 691. The van der Waals surface area contributed by atoms with Gasteiger partial charge in [0.05, 0.1) is 0 Å². The highest BCUT2D eigenvalue weighted by molar-refractivity contribution is 6.04. The van der Waals surface area contributed by atoms with E-state index < -0.39 is 5.97 Å². The predicted octanol–water partition coefficient (Wildman–Crippen LogP) is 2.74. The van der Waals surface area contributed by atoms with Crippen LogP contribution in [0, 0.1) is 6.92 Å². The van der Waals surface area contributed by atoms with Gasteiger partial charge in [0.1, 0.15) is 0 Å². The van der Waals surface area contributed by atoms with Crippen molar-refractivity contribution >= 4 is 23.6 Å². The Hall–Kier alpha value is -2.95. The van der Waals surface area contributed by atoms with Crippen molar-refractivity contribution in [2.45, 2.75) is 6.92 Å². The summed E-state index contributed by atoms with van der Waals surface area (Å²) in [5.41, 5.74) is 2.72. The van der Waals surface area contributed by atoms with E-state index in [2.05, 4.69) is 10.3 Å². The minimum Gasteiger partial charge on any atom is -0.478 e. The number of hydrogen-bond donors (Lipinski definition) is 2. The maximum atomic E-state index is 12.1. The molecule has 0 radical (unpaired) electrons. The van der Waals surface area contributed by atoms with Gasteiger partial charge in [0.15, 0.2) is 0 Å². The molecule has 1 heterocycles. The second kappa shape index (κ2) is 6.47. The number of carboxylic acids is 1. The molecule has 0 aliphatic heterocycles. The molecule has 0 bridgehead atoms. The molecule has 106 valence electrons. The molecule has 1 amide bonds. The Labute approximate surface area is 122 Å². The number of rotatable bonds is 4. The van der Waals surface area contributed by atoms with E-state index in [1.54, 1.807) is 42.6 Å². The van der Waals surface area contributed by atoms with E-state index in [0.717, 1.165) is 11.8 Å². The van der Waals surface area contributed by atoms with Gasteiger partial charge in [-0.3, -0.25) is 9.78 Å². The predicted molar refractivity (Wildman–Crippen MR) is 80.0 cm³/mol. The van der Waals surface area contributed by atoms with Crippen molar-refractivity contribution in [3.05, 3.63) is 65.5 Å². The molecule has 2 rings (SSSR count). The van der Waals surface area contributed by atoms with Gasteiger partial charge in [0.2, 0.25) is 0 Å². The zero-order valence-electron chi connectivity index (χ0n) is 11.4. The van der Waals surface area contributed by atoms with Crippen molar-refractivity contribution in [1.29, 1.82) is 0 Å². The maximum absolute atomic E-state index is 12.1. The molecule has 2 N–H and O–H groups in total. The zero-order chi connectivity index (χ0) is 15.2. The van der Waals surface area contributed by atoms with Crippen LogP contribution >= 0.6 is 0 Å². The van der Waals surface area contributed by atoms with Gasteiger partial charge in [-0.1, -0.05) is 12.1 Å². The Balaban J connectivity index is 2.08. The quantitative estimate of drug-likeness (QED) is 0.845. The van der Waals surface area contributed by atoms with Crippen LogP contribution in [0.3, 0.4) is 0 Å². The van der Waals surface area contributed by atoms with E-state index in [1.165, 1.54) is 6.08 Å². The summed E-state index contributed by atoms with van der Waals surface area (Å²) in [6, 6.07) is 10.2. The zero-order valence-corrected chi connectivity index (χ0v) is 11.4. The molecule has 0 aliphatic carbocycles. The van der Waals surface area contributed by atoms with E-state index in [0.29, 0.717) is 16.8 Å². The van der Waals surface area contributed by atoms with Gasteiger partial charge in [0, 0.05) is 29.2 Å². The highest BCUT2D eigenvalue weighted by Crippen LogP contribution is 2.11. The highest BCUT2D eigenvalue weighted by atomic mass is 16.4. The first-order valence-corrected chi connectivity index (χ1v) is 6.30. The van der Waals surface area contributed by atoms with Crippen LogP contribution in [-0.2, 0) is 4.79 Å². The molecule has 0 saturated heterocycles. The minimum atomic E-state index is -1.01. The Morgan fingerprint density at radius 2 is 1.90 bits per heavy atom. The Morgan fingerprint density at radius 3 is 2.52 bits per heavy atom. The first kappa shape index (κ1) is 14.5. The number of anilines is 1. The van der Waals surface area contributed by atoms with Crippen LogP contribution in [0.25, 0.3) is 6.08 Å². The van der Waals surface area contributed by atoms with Crippen LogP contribution < -0.4 is 5.32 Å². The second-order valence-electron chi connectivity index (χ2n) is 4.43. The van der Waals surface area contributed by atoms with Crippen molar-refractivity contribution in [3.63, 3.8) is 0 Å². The number of nitrogens with zero attached hydrogens (tertiary/aromatic N) is 1. The molecule has 0 aliphatic rings. The van der Waals surface area contributed by atoms with Crippen molar-refractivity contribution in [1.82, 2.24) is 4.98 Å². The summed E-state index contributed by atoms with van der Waals surface area (Å²) in [6.07, 6.45) is 4.15. The Morgan fingerprint density at radius 1 is 1.19 bits per heavy atom. The lowest BCUT2D eigenvalue weighted by Gasteiger charge is -2.06. The van der Waals surface area contributed by atoms with E-state index in [4.69, 9.17) is 5.11 Å². The van der Waals surface area contributed by atoms with Crippen molar-refractivity contribution in [3.8, 4) is 0 Å². The fourth-order valence-corrected chi connectivity index (χ4v) is 1.74. The fourth-order valence-electron chi connectivity index (χ4n) is 1.74. The summed E-state index contributed by atoms with van der Waals surface area (Å²) >= 11 is 0. The monoisotopic (exact) mass is 282 g/mol. The lowest BCUT2D eigenvalue weighted by molar-refractivity contribution is -0.131. The van der Waals surface area contributed by atoms with Crippen molar-refractivity contribution in [2.75, 3.05) is 5.32 Å². The lowest BCUT2D eigenvalue weighted by Crippen LogP contribution is -2.11. The van der Waals surface area contributed by atoms with E-state index in [1.807, 2.05) is 6.92 Å². The smallest absolute Gasteiger partial charge is 0.328 e. The molecule has 2 aromatic rings. The highest BCUT2D eigenvalue weighted by Gasteiger charge is 2.05. The van der Waals surface area contributed by atoms with Gasteiger partial charge in [-0.15, -0.1) is 0 Å². The van der Waals surface area contributed by atoms with E-state index >= 15 is 0 Å². The number of pyridine rings is 1. The normalized spacial score (nSPS) is 10.5. The number of carbonyl (C=O) groups is 2. The molecule has 1 aromatic carbocycles. The van der Waals surface area contributed by atoms with Crippen molar-refractivity contribution in [2.24, 2.45) is 0 Å². The fraction of sp³-hybridized carbons (Fsp3) is 0.0625. The lowest BCUT2D eigenvalue weighted by atomic mass is 10.1. The number of aliphatic carboxylic acids is 1. The third kappa shape index (κ3) is 4.28. The second-order valence-corrected chi connectivity index (χ2v) is 4.43. The van der Waals surface area contributed by atoms with Gasteiger partial charge in [-0.05, 0) is 42.8 Å².